The number of aromatic amines is 1. The van der Waals surface area contributed by atoms with Gasteiger partial charge in [0.1, 0.15) is 11.6 Å². The molecule has 0 aliphatic carbocycles. The lowest BCUT2D eigenvalue weighted by Gasteiger charge is -2.09. The molecule has 74 valence electrons. The van der Waals surface area contributed by atoms with Gasteiger partial charge in [-0.05, 0) is 19.1 Å². The Morgan fingerprint density at radius 3 is 3.21 bits per heavy atom. The van der Waals surface area contributed by atoms with Crippen molar-refractivity contribution in [3.05, 3.63) is 42.4 Å². The molecule has 4 heteroatoms. The third kappa shape index (κ3) is 2.03. The number of imidazole rings is 1. The Morgan fingerprint density at radius 1 is 1.64 bits per heavy atom. The van der Waals surface area contributed by atoms with Crippen molar-refractivity contribution in [3.63, 3.8) is 0 Å². The summed E-state index contributed by atoms with van der Waals surface area (Å²) in [7, 11) is 0. The zero-order valence-electron chi connectivity index (χ0n) is 8.03. The van der Waals surface area contributed by atoms with E-state index < -0.39 is 0 Å². The Kier molecular flexibility index (Phi) is 2.65. The number of nitrogens with one attached hydrogen (secondary N) is 2. The minimum atomic E-state index is 0.204. The first-order valence-electron chi connectivity index (χ1n) is 4.61. The zero-order chi connectivity index (χ0) is 9.80. The first kappa shape index (κ1) is 9.02. The second-order valence-corrected chi connectivity index (χ2v) is 3.15. The predicted molar refractivity (Wildman–Crippen MR) is 52.6 cm³/mol. The number of furan rings is 1. The van der Waals surface area contributed by atoms with E-state index in [0.717, 1.165) is 18.1 Å². The summed E-state index contributed by atoms with van der Waals surface area (Å²) in [5.41, 5.74) is 0. The molecule has 1 atom stereocenters. The molecule has 0 spiro atoms. The van der Waals surface area contributed by atoms with E-state index in [1.54, 1.807) is 12.5 Å². The van der Waals surface area contributed by atoms with Crippen molar-refractivity contribution in [2.24, 2.45) is 0 Å². The van der Waals surface area contributed by atoms with Gasteiger partial charge in [0.15, 0.2) is 0 Å². The predicted octanol–water partition coefficient (Wildman–Crippen LogP) is 1.85. The van der Waals surface area contributed by atoms with Gasteiger partial charge in [-0.3, -0.25) is 0 Å². The number of hydrogen-bond donors (Lipinski definition) is 2. The molecular formula is C10H13N3O. The van der Waals surface area contributed by atoms with Gasteiger partial charge in [0.05, 0.1) is 18.8 Å². The van der Waals surface area contributed by atoms with Gasteiger partial charge in [-0.1, -0.05) is 0 Å². The molecule has 0 aliphatic rings. The smallest absolute Gasteiger partial charge is 0.120 e. The Labute approximate surface area is 82.4 Å². The average Bonchev–Trinajstić information content (AvgIpc) is 2.87. The lowest BCUT2D eigenvalue weighted by Crippen LogP contribution is -2.18. The minimum Gasteiger partial charge on any atom is -0.468 e. The summed E-state index contributed by atoms with van der Waals surface area (Å²) in [4.78, 5) is 7.15. The summed E-state index contributed by atoms with van der Waals surface area (Å²) in [6.45, 7) is 2.77. The third-order valence-electron chi connectivity index (χ3n) is 2.10. The Bertz CT molecular complexity index is 353. The van der Waals surface area contributed by atoms with Crippen LogP contribution < -0.4 is 5.32 Å². The number of hydrogen-bond acceptors (Lipinski definition) is 3. The second kappa shape index (κ2) is 4.11. The molecule has 0 fully saturated rings. The molecule has 2 rings (SSSR count). The van der Waals surface area contributed by atoms with Crippen molar-refractivity contribution in [2.45, 2.75) is 19.5 Å². The van der Waals surface area contributed by atoms with Gasteiger partial charge in [-0.25, -0.2) is 4.98 Å². The van der Waals surface area contributed by atoms with Crippen LogP contribution in [0.4, 0.5) is 0 Å². The molecule has 4 nitrogen and oxygen atoms in total. The van der Waals surface area contributed by atoms with Gasteiger partial charge in [0, 0.05) is 12.4 Å². The van der Waals surface area contributed by atoms with E-state index in [0.29, 0.717) is 0 Å². The Morgan fingerprint density at radius 2 is 2.57 bits per heavy atom. The molecule has 0 saturated heterocycles. The fourth-order valence-electron chi connectivity index (χ4n) is 1.28. The highest BCUT2D eigenvalue weighted by Crippen LogP contribution is 2.12. The van der Waals surface area contributed by atoms with Gasteiger partial charge in [-0.15, -0.1) is 0 Å². The SMILES string of the molecule is C[C@@H](NCc1ncc[nH]1)c1ccco1. The first-order chi connectivity index (χ1) is 6.86. The summed E-state index contributed by atoms with van der Waals surface area (Å²) in [5, 5.41) is 3.30. The highest BCUT2D eigenvalue weighted by Gasteiger charge is 2.07. The maximum atomic E-state index is 5.27. The van der Waals surface area contributed by atoms with Crippen molar-refractivity contribution in [3.8, 4) is 0 Å². The van der Waals surface area contributed by atoms with Crippen molar-refractivity contribution in [2.75, 3.05) is 0 Å². The minimum absolute atomic E-state index is 0.204. The maximum absolute atomic E-state index is 5.27. The van der Waals surface area contributed by atoms with Crippen LogP contribution in [0.2, 0.25) is 0 Å². The second-order valence-electron chi connectivity index (χ2n) is 3.15. The van der Waals surface area contributed by atoms with Crippen LogP contribution in [-0.2, 0) is 6.54 Å². The molecule has 0 bridgehead atoms. The standard InChI is InChI=1S/C10H13N3O/c1-8(9-3-2-6-14-9)13-7-10-11-4-5-12-10/h2-6,8,13H,7H2,1H3,(H,11,12)/t8-/m1/s1. The van der Waals surface area contributed by atoms with Crippen LogP contribution in [0.25, 0.3) is 0 Å². The normalized spacial score (nSPS) is 12.9. The van der Waals surface area contributed by atoms with Crippen LogP contribution in [0.1, 0.15) is 24.6 Å². The molecule has 2 aromatic heterocycles. The summed E-state index contributed by atoms with van der Waals surface area (Å²) in [6, 6.07) is 4.05. The van der Waals surface area contributed by atoms with Crippen molar-refractivity contribution >= 4 is 0 Å². The molecule has 0 aliphatic heterocycles. The molecule has 2 N–H and O–H groups in total. The van der Waals surface area contributed by atoms with Crippen molar-refractivity contribution < 1.29 is 4.42 Å². The van der Waals surface area contributed by atoms with Crippen LogP contribution in [0.5, 0.6) is 0 Å². The summed E-state index contributed by atoms with van der Waals surface area (Å²) in [6.07, 6.45) is 5.24. The fraction of sp³-hybridized carbons (Fsp3) is 0.300. The summed E-state index contributed by atoms with van der Waals surface area (Å²) >= 11 is 0. The number of rotatable bonds is 4. The van der Waals surface area contributed by atoms with E-state index in [-0.39, 0.29) is 6.04 Å². The summed E-state index contributed by atoms with van der Waals surface area (Å²) < 4.78 is 5.27. The van der Waals surface area contributed by atoms with Crippen LogP contribution in [-0.4, -0.2) is 9.97 Å². The highest BCUT2D eigenvalue weighted by molar-refractivity contribution is 5.03. The number of H-pyrrole nitrogens is 1. The molecule has 2 aromatic rings. The van der Waals surface area contributed by atoms with E-state index in [4.69, 9.17) is 4.42 Å². The van der Waals surface area contributed by atoms with E-state index in [9.17, 15) is 0 Å². The van der Waals surface area contributed by atoms with Crippen LogP contribution in [0.3, 0.4) is 0 Å². The zero-order valence-corrected chi connectivity index (χ0v) is 8.03. The number of nitrogens with zero attached hydrogens (tertiary/aromatic N) is 1. The quantitative estimate of drug-likeness (QED) is 0.775. The van der Waals surface area contributed by atoms with E-state index in [1.807, 2.05) is 18.3 Å². The lowest BCUT2D eigenvalue weighted by atomic mass is 10.2. The summed E-state index contributed by atoms with van der Waals surface area (Å²) in [5.74, 6) is 1.87. The molecule has 0 unspecified atom stereocenters. The van der Waals surface area contributed by atoms with Crippen LogP contribution in [0, 0.1) is 0 Å². The molecule has 0 saturated carbocycles. The van der Waals surface area contributed by atoms with E-state index in [1.165, 1.54) is 0 Å². The molecule has 0 radical (unpaired) electrons. The Balaban J connectivity index is 1.87. The maximum Gasteiger partial charge on any atom is 0.120 e. The first-order valence-corrected chi connectivity index (χ1v) is 4.61. The molecule has 2 heterocycles. The fourth-order valence-corrected chi connectivity index (χ4v) is 1.28. The average molecular weight is 191 g/mol. The Hall–Kier alpha value is -1.55. The molecule has 14 heavy (non-hydrogen) atoms. The van der Waals surface area contributed by atoms with E-state index >= 15 is 0 Å². The van der Waals surface area contributed by atoms with Gasteiger partial charge in [0.25, 0.3) is 0 Å². The molecular weight excluding hydrogens is 178 g/mol. The van der Waals surface area contributed by atoms with Gasteiger partial charge in [-0.2, -0.15) is 0 Å². The largest absolute Gasteiger partial charge is 0.468 e. The third-order valence-corrected chi connectivity index (χ3v) is 2.10. The van der Waals surface area contributed by atoms with Crippen molar-refractivity contribution in [1.82, 2.24) is 15.3 Å². The van der Waals surface area contributed by atoms with Crippen LogP contribution >= 0.6 is 0 Å². The lowest BCUT2D eigenvalue weighted by molar-refractivity contribution is 0.427. The van der Waals surface area contributed by atoms with Gasteiger partial charge in [0.2, 0.25) is 0 Å². The monoisotopic (exact) mass is 191 g/mol. The van der Waals surface area contributed by atoms with E-state index in [2.05, 4.69) is 22.2 Å². The molecule has 0 amide bonds. The van der Waals surface area contributed by atoms with Crippen LogP contribution in [0.15, 0.2) is 35.2 Å². The number of aromatic nitrogens is 2. The van der Waals surface area contributed by atoms with Gasteiger partial charge >= 0.3 is 0 Å². The molecule has 0 aromatic carbocycles. The topological polar surface area (TPSA) is 53.9 Å². The van der Waals surface area contributed by atoms with Crippen molar-refractivity contribution in [1.29, 1.82) is 0 Å². The van der Waals surface area contributed by atoms with Gasteiger partial charge < -0.3 is 14.7 Å². The highest BCUT2D eigenvalue weighted by atomic mass is 16.3.